The quantitative estimate of drug-likeness (QED) is 0.535. The molecule has 0 unspecified atom stereocenters. The number of ether oxygens (including phenoxy) is 3. The van der Waals surface area contributed by atoms with Gasteiger partial charge in [0, 0.05) is 16.5 Å². The fourth-order valence-corrected chi connectivity index (χ4v) is 3.66. The summed E-state index contributed by atoms with van der Waals surface area (Å²) in [5.41, 5.74) is -0.127. The number of hydrogen-bond acceptors (Lipinski definition) is 6. The first-order chi connectivity index (χ1) is 12.9. The highest BCUT2D eigenvalue weighted by Crippen LogP contribution is 2.42. The second-order valence-corrected chi connectivity index (χ2v) is 6.62. The first-order valence-electron chi connectivity index (χ1n) is 7.63. The second kappa shape index (κ2) is 7.74. The summed E-state index contributed by atoms with van der Waals surface area (Å²) in [5.74, 6) is -3.23. The summed E-state index contributed by atoms with van der Waals surface area (Å²) in [4.78, 5) is 17.5. The van der Waals surface area contributed by atoms with E-state index in [0.717, 1.165) is 6.07 Å². The maximum Gasteiger partial charge on any atom is 0.199 e. The minimum absolute atomic E-state index is 0.102. The number of rotatable bonds is 5. The highest BCUT2D eigenvalue weighted by Gasteiger charge is 2.32. The predicted octanol–water partition coefficient (Wildman–Crippen LogP) is 4.38. The molecule has 0 saturated heterocycles. The maximum atomic E-state index is 14.7. The molecule has 5 nitrogen and oxygen atoms in total. The number of hydrogen-bond donors (Lipinski definition) is 0. The van der Waals surface area contributed by atoms with Crippen molar-refractivity contribution < 1.29 is 27.8 Å². The first kappa shape index (κ1) is 19.4. The maximum absolute atomic E-state index is 14.7. The minimum atomic E-state index is -1.10. The van der Waals surface area contributed by atoms with Gasteiger partial charge in [0.15, 0.2) is 28.9 Å². The van der Waals surface area contributed by atoms with Crippen LogP contribution in [0.4, 0.5) is 8.78 Å². The third-order valence-corrected chi connectivity index (χ3v) is 5.08. The van der Waals surface area contributed by atoms with Crippen molar-refractivity contribution in [3.8, 4) is 17.2 Å². The van der Waals surface area contributed by atoms with E-state index in [9.17, 15) is 13.6 Å². The van der Waals surface area contributed by atoms with Gasteiger partial charge in [-0.3, -0.25) is 4.79 Å². The van der Waals surface area contributed by atoms with Crippen molar-refractivity contribution in [1.82, 2.24) is 4.98 Å². The van der Waals surface area contributed by atoms with Gasteiger partial charge in [0.25, 0.3) is 0 Å². The van der Waals surface area contributed by atoms with Crippen molar-refractivity contribution in [2.75, 3.05) is 27.1 Å². The number of ketones is 1. The summed E-state index contributed by atoms with van der Waals surface area (Å²) in [6.45, 7) is -0.163. The Morgan fingerprint density at radius 1 is 1.22 bits per heavy atom. The molecule has 0 spiro atoms. The van der Waals surface area contributed by atoms with Crippen LogP contribution in [-0.2, 0) is 0 Å². The number of carbonyl (C=O) groups is 1. The lowest BCUT2D eigenvalue weighted by Crippen LogP contribution is -2.20. The molecule has 3 rings (SSSR count). The van der Waals surface area contributed by atoms with E-state index in [2.05, 4.69) is 4.98 Å². The van der Waals surface area contributed by atoms with Crippen molar-refractivity contribution in [3.05, 3.63) is 51.8 Å². The molecule has 2 aromatic rings. The lowest BCUT2D eigenvalue weighted by atomic mass is 9.98. The molecule has 1 aliphatic heterocycles. The Kier molecular flexibility index (Phi) is 5.57. The smallest absolute Gasteiger partial charge is 0.199 e. The third kappa shape index (κ3) is 3.35. The number of carbonyl (C=O) groups excluding carboxylic acids is 1. The number of halogens is 3. The number of fused-ring (bicyclic) bond motifs is 1. The van der Waals surface area contributed by atoms with Crippen LogP contribution in [0.15, 0.2) is 23.9 Å². The standard InChI is InChI=1S/C18H14ClF2NO4S/c1-24-10-5-11(25-2)16(21)14(15(10)20)17(23)9-7-26-12-6-22-13(19)4-8(12)18(9)27-3/h4-6H,7H2,1-3H3. The SMILES string of the molecule is COc1cc(OC)c(F)c(C(=O)C2=C(SC)c3cc(Cl)ncc3OC2)c1F. The first-order valence-corrected chi connectivity index (χ1v) is 9.23. The van der Waals surface area contributed by atoms with E-state index in [4.69, 9.17) is 25.8 Å². The Bertz CT molecular complexity index is 937. The molecule has 0 N–H and O–H groups in total. The highest BCUT2D eigenvalue weighted by molar-refractivity contribution is 8.07. The van der Waals surface area contributed by atoms with E-state index >= 15 is 0 Å². The number of Topliss-reactive ketones (excluding diaryl/α,β-unsaturated/α-hetero) is 1. The molecular weight excluding hydrogens is 400 g/mol. The average Bonchev–Trinajstić information content (AvgIpc) is 2.67. The zero-order valence-electron chi connectivity index (χ0n) is 14.6. The lowest BCUT2D eigenvalue weighted by molar-refractivity contribution is 0.101. The van der Waals surface area contributed by atoms with Crippen molar-refractivity contribution in [1.29, 1.82) is 0 Å². The number of thioether (sulfide) groups is 1. The molecule has 0 radical (unpaired) electrons. The molecule has 1 aromatic heterocycles. The van der Waals surface area contributed by atoms with Crippen LogP contribution in [0.1, 0.15) is 15.9 Å². The molecule has 0 amide bonds. The Morgan fingerprint density at radius 2 is 1.85 bits per heavy atom. The van der Waals surface area contributed by atoms with Crippen LogP contribution in [-0.4, -0.2) is 37.8 Å². The van der Waals surface area contributed by atoms with Gasteiger partial charge in [0.1, 0.15) is 23.1 Å². The van der Waals surface area contributed by atoms with Crippen molar-refractivity contribution in [3.63, 3.8) is 0 Å². The molecule has 0 fully saturated rings. The number of aromatic nitrogens is 1. The molecule has 0 atom stereocenters. The van der Waals surface area contributed by atoms with E-state index in [1.54, 1.807) is 6.26 Å². The number of methoxy groups -OCH3 is 2. The average molecular weight is 414 g/mol. The Balaban J connectivity index is 2.21. The molecule has 9 heteroatoms. The summed E-state index contributed by atoms with van der Waals surface area (Å²) >= 11 is 7.18. The van der Waals surface area contributed by atoms with Gasteiger partial charge >= 0.3 is 0 Å². The van der Waals surface area contributed by atoms with Crippen LogP contribution >= 0.6 is 23.4 Å². The van der Waals surface area contributed by atoms with E-state index < -0.39 is 23.0 Å². The van der Waals surface area contributed by atoms with Crippen LogP contribution in [0.5, 0.6) is 17.2 Å². The molecule has 0 aliphatic carbocycles. The minimum Gasteiger partial charge on any atom is -0.494 e. The second-order valence-electron chi connectivity index (χ2n) is 5.42. The summed E-state index contributed by atoms with van der Waals surface area (Å²) in [5, 5.41) is 0.206. The van der Waals surface area contributed by atoms with E-state index in [1.165, 1.54) is 38.2 Å². The monoisotopic (exact) mass is 413 g/mol. The summed E-state index contributed by atoms with van der Waals surface area (Å²) in [7, 11) is 2.43. The molecule has 0 bridgehead atoms. The lowest BCUT2D eigenvalue weighted by Gasteiger charge is -2.23. The van der Waals surface area contributed by atoms with Crippen molar-refractivity contribution >= 4 is 34.1 Å². The van der Waals surface area contributed by atoms with Gasteiger partial charge in [-0.2, -0.15) is 0 Å². The Morgan fingerprint density at radius 3 is 2.41 bits per heavy atom. The highest BCUT2D eigenvalue weighted by atomic mass is 35.5. The van der Waals surface area contributed by atoms with Gasteiger partial charge in [-0.05, 0) is 12.3 Å². The molecule has 0 saturated carbocycles. The zero-order chi connectivity index (χ0) is 19.7. The number of nitrogens with zero attached hydrogens (tertiary/aromatic N) is 1. The normalized spacial score (nSPS) is 13.1. The van der Waals surface area contributed by atoms with Crippen LogP contribution in [0.2, 0.25) is 5.15 Å². The molecule has 2 heterocycles. The molecule has 1 aliphatic rings. The van der Waals surface area contributed by atoms with Crippen molar-refractivity contribution in [2.45, 2.75) is 0 Å². The van der Waals surface area contributed by atoms with Crippen LogP contribution in [0, 0.1) is 11.6 Å². The van der Waals surface area contributed by atoms with Crippen LogP contribution < -0.4 is 14.2 Å². The Labute approximate surface area is 163 Å². The summed E-state index contributed by atoms with van der Waals surface area (Å²) in [6.07, 6.45) is 3.18. The van der Waals surface area contributed by atoms with Gasteiger partial charge in [-0.15, -0.1) is 11.8 Å². The van der Waals surface area contributed by atoms with Gasteiger partial charge in [0.2, 0.25) is 0 Å². The molecular formula is C18H14ClF2NO4S. The van der Waals surface area contributed by atoms with Gasteiger partial charge in [-0.1, -0.05) is 11.6 Å². The van der Waals surface area contributed by atoms with Gasteiger partial charge < -0.3 is 14.2 Å². The van der Waals surface area contributed by atoms with E-state index in [1.807, 2.05) is 0 Å². The van der Waals surface area contributed by atoms with E-state index in [-0.39, 0.29) is 28.8 Å². The Hall–Kier alpha value is -2.32. The predicted molar refractivity (Wildman–Crippen MR) is 99.0 cm³/mol. The van der Waals surface area contributed by atoms with Gasteiger partial charge in [0.05, 0.1) is 26.0 Å². The molecule has 27 heavy (non-hydrogen) atoms. The molecule has 142 valence electrons. The molecule has 1 aromatic carbocycles. The fraction of sp³-hybridized carbons (Fsp3) is 0.222. The fourth-order valence-electron chi connectivity index (χ4n) is 2.73. The van der Waals surface area contributed by atoms with Gasteiger partial charge in [-0.25, -0.2) is 13.8 Å². The third-order valence-electron chi connectivity index (χ3n) is 4.00. The topological polar surface area (TPSA) is 57.7 Å². The number of pyridine rings is 1. The van der Waals surface area contributed by atoms with Crippen molar-refractivity contribution in [2.24, 2.45) is 0 Å². The number of benzene rings is 1. The van der Waals surface area contributed by atoms with Crippen LogP contribution in [0.25, 0.3) is 4.91 Å². The zero-order valence-corrected chi connectivity index (χ0v) is 16.1. The van der Waals surface area contributed by atoms with E-state index in [0.29, 0.717) is 16.2 Å². The summed E-state index contributed by atoms with van der Waals surface area (Å²) in [6, 6.07) is 2.58. The largest absolute Gasteiger partial charge is 0.494 e. The summed E-state index contributed by atoms with van der Waals surface area (Å²) < 4.78 is 44.7. The van der Waals surface area contributed by atoms with Crippen LogP contribution in [0.3, 0.4) is 0 Å².